The number of phenolic OH excluding ortho intramolecular Hbond substituents is 1. The number of nitrogens with zero attached hydrogens (tertiary/aromatic N) is 3. The average Bonchev–Trinajstić information content (AvgIpc) is 3.07. The van der Waals surface area contributed by atoms with Crippen molar-refractivity contribution in [3.8, 4) is 5.75 Å². The summed E-state index contributed by atoms with van der Waals surface area (Å²) in [5, 5.41) is 32.1. The van der Waals surface area contributed by atoms with Crippen molar-refractivity contribution in [3.63, 3.8) is 0 Å². The van der Waals surface area contributed by atoms with E-state index in [1.165, 1.54) is 115 Å². The molecule has 46 heavy (non-hydrogen) atoms. The molecule has 0 aromatic heterocycles. The van der Waals surface area contributed by atoms with Gasteiger partial charge in [-0.15, -0.1) is 4.48 Å². The minimum Gasteiger partial charge on any atom is -0.606 e. The highest BCUT2D eigenvalue weighted by Gasteiger charge is 2.53. The van der Waals surface area contributed by atoms with E-state index in [0.29, 0.717) is 19.6 Å². The highest BCUT2D eigenvalue weighted by Crippen LogP contribution is 2.43. The van der Waals surface area contributed by atoms with Gasteiger partial charge in [-0.1, -0.05) is 0 Å². The van der Waals surface area contributed by atoms with Crippen LogP contribution in [0.3, 0.4) is 0 Å². The van der Waals surface area contributed by atoms with E-state index in [2.05, 4.69) is 0 Å². The van der Waals surface area contributed by atoms with Crippen molar-refractivity contribution in [2.75, 3.05) is 0 Å². The Hall–Kier alpha value is -5.38. The third-order valence-corrected chi connectivity index (χ3v) is 10.2. The largest absolute Gasteiger partial charge is 0.606 e. The lowest BCUT2D eigenvalue weighted by Gasteiger charge is -2.35. The maximum absolute atomic E-state index is 14.1. The van der Waals surface area contributed by atoms with Crippen LogP contribution in [0.4, 0.5) is 22.7 Å². The molecule has 14 heteroatoms. The number of imide groups is 1. The summed E-state index contributed by atoms with van der Waals surface area (Å²) in [6, 6.07) is 26.3. The molecule has 0 aliphatic carbocycles. The van der Waals surface area contributed by atoms with E-state index in [4.69, 9.17) is 0 Å². The van der Waals surface area contributed by atoms with Crippen LogP contribution in [0.15, 0.2) is 135 Å². The first-order chi connectivity index (χ1) is 22.0. The van der Waals surface area contributed by atoms with Crippen molar-refractivity contribution in [1.29, 1.82) is 0 Å². The second kappa shape index (κ2) is 11.8. The van der Waals surface area contributed by atoms with Gasteiger partial charge < -0.3 is 14.2 Å². The molecule has 0 saturated carbocycles. The number of fused-ring (bicyclic) bond motifs is 2. The van der Waals surface area contributed by atoms with Gasteiger partial charge in [-0.25, -0.2) is 9.59 Å². The quantitative estimate of drug-likeness (QED) is 0.0670. The average molecular weight is 655 g/mol. The van der Waals surface area contributed by atoms with Crippen LogP contribution < -0.4 is 4.48 Å². The molecule has 228 valence electrons. The van der Waals surface area contributed by atoms with E-state index in [0.717, 1.165) is 0 Å². The predicted octanol–water partition coefficient (Wildman–Crippen LogP) is 6.18. The second-order valence-corrected chi connectivity index (χ2v) is 13.0. The third-order valence-electron chi connectivity index (χ3n) is 7.42. The van der Waals surface area contributed by atoms with E-state index in [-0.39, 0.29) is 39.6 Å². The number of benzene rings is 5. The number of hydrogen-bond donors (Lipinski definition) is 1. The van der Waals surface area contributed by atoms with Gasteiger partial charge in [-0.3, -0.25) is 20.2 Å². The molecule has 1 aliphatic heterocycles. The molecular formula is C32H20N3O9S2+. The van der Waals surface area contributed by atoms with Gasteiger partial charge >= 0.3 is 11.8 Å². The topological polar surface area (TPSA) is 187 Å². The maximum atomic E-state index is 14.1. The molecule has 1 aliphatic rings. The molecule has 6 rings (SSSR count). The summed E-state index contributed by atoms with van der Waals surface area (Å²) in [6.45, 7) is 0. The van der Waals surface area contributed by atoms with Crippen LogP contribution >= 0.6 is 0 Å². The Kier molecular flexibility index (Phi) is 7.89. The number of carbonyl (C=O) groups is 2. The Balaban J connectivity index is 1.40. The monoisotopic (exact) mass is 654 g/mol. The number of hydrogen-bond acceptors (Lipinski definition) is 9. The fraction of sp³-hybridized carbons (Fsp3) is 0. The number of aromatic hydroxyl groups is 1. The number of phenols is 1. The minimum atomic E-state index is -1.73. The van der Waals surface area contributed by atoms with Gasteiger partial charge in [0.05, 0.1) is 21.0 Å². The van der Waals surface area contributed by atoms with Crippen molar-refractivity contribution >= 4 is 56.9 Å². The van der Waals surface area contributed by atoms with Crippen LogP contribution in [0.2, 0.25) is 0 Å². The third kappa shape index (κ3) is 5.19. The second-order valence-electron chi connectivity index (χ2n) is 10.1. The van der Waals surface area contributed by atoms with Crippen LogP contribution in [0.5, 0.6) is 5.75 Å². The van der Waals surface area contributed by atoms with Crippen molar-refractivity contribution in [2.45, 2.75) is 19.6 Å². The minimum absolute atomic E-state index is 0.0756. The summed E-state index contributed by atoms with van der Waals surface area (Å²) in [4.78, 5) is 50.4. The lowest BCUT2D eigenvalue weighted by molar-refractivity contribution is -0.385. The molecule has 2 bridgehead atoms. The molecule has 0 saturated heterocycles. The number of non-ortho nitro benzene ring substituents is 2. The van der Waals surface area contributed by atoms with Crippen LogP contribution in [0.1, 0.15) is 20.7 Å². The van der Waals surface area contributed by atoms with Gasteiger partial charge in [0.25, 0.3) is 11.4 Å². The molecule has 1 N–H and O–H groups in total. The summed E-state index contributed by atoms with van der Waals surface area (Å²) < 4.78 is 25.5. The van der Waals surface area contributed by atoms with Crippen LogP contribution in [0, 0.1) is 20.2 Å². The first kappa shape index (κ1) is 30.6. The summed E-state index contributed by atoms with van der Waals surface area (Å²) in [7, 11) is 0. The van der Waals surface area contributed by atoms with E-state index >= 15 is 0 Å². The van der Waals surface area contributed by atoms with Crippen LogP contribution in [-0.2, 0) is 22.4 Å². The standard InChI is InChI=1S/C32H19N3O9S2/c36-26-18-20-17-21(19-26)32(38)35(31(20)37,24-5-13-29(14-6-24)45(43)27-9-1-22(2-10-27)33(39)40)25-7-15-30(16-8-25)46(44)28-11-3-23(4-12-28)34(41)42/h1-19H/p+1. The highest BCUT2D eigenvalue weighted by molar-refractivity contribution is 7.91. The lowest BCUT2D eigenvalue weighted by Crippen LogP contribution is -2.56. The predicted molar refractivity (Wildman–Crippen MR) is 167 cm³/mol. The zero-order valence-electron chi connectivity index (χ0n) is 23.3. The van der Waals surface area contributed by atoms with Gasteiger partial charge in [0.1, 0.15) is 5.75 Å². The van der Waals surface area contributed by atoms with Crippen molar-refractivity contribution < 1.29 is 33.6 Å². The smallest absolute Gasteiger partial charge is 0.363 e. The molecule has 5 aromatic carbocycles. The van der Waals surface area contributed by atoms with E-state index in [9.17, 15) is 44.0 Å². The number of quaternary nitrogens is 1. The molecular weight excluding hydrogens is 634 g/mol. The van der Waals surface area contributed by atoms with Crippen molar-refractivity contribution in [1.82, 2.24) is 4.48 Å². The first-order valence-electron chi connectivity index (χ1n) is 13.4. The highest BCUT2D eigenvalue weighted by atomic mass is 32.2. The molecule has 2 atom stereocenters. The Morgan fingerprint density at radius 3 is 1.13 bits per heavy atom. The normalized spacial score (nSPS) is 14.8. The first-order valence-corrected chi connectivity index (χ1v) is 15.7. The van der Waals surface area contributed by atoms with Gasteiger partial charge in [0, 0.05) is 95.1 Å². The molecule has 0 spiro atoms. The molecule has 5 aromatic rings. The number of nitro groups is 2. The molecule has 2 amide bonds. The zero-order chi connectivity index (χ0) is 32.7. The summed E-state index contributed by atoms with van der Waals surface area (Å²) in [5.74, 6) is -1.58. The Bertz CT molecular complexity index is 1880. The summed E-state index contributed by atoms with van der Waals surface area (Å²) in [5.41, 5.74) is 0.256. The summed E-state index contributed by atoms with van der Waals surface area (Å²) >= 11 is -3.47. The van der Waals surface area contributed by atoms with E-state index < -0.39 is 48.5 Å². The molecule has 2 unspecified atom stereocenters. The van der Waals surface area contributed by atoms with Crippen molar-refractivity contribution in [3.05, 3.63) is 147 Å². The van der Waals surface area contributed by atoms with Crippen LogP contribution in [-0.4, -0.2) is 35.9 Å². The molecule has 0 radical (unpaired) electrons. The Morgan fingerprint density at radius 2 is 0.826 bits per heavy atom. The summed E-state index contributed by atoms with van der Waals surface area (Å²) in [6.07, 6.45) is 0. The lowest BCUT2D eigenvalue weighted by atomic mass is 9.97. The van der Waals surface area contributed by atoms with Gasteiger partial charge in [-0.05, 0) is 42.5 Å². The molecule has 1 heterocycles. The van der Waals surface area contributed by atoms with Gasteiger partial charge in [0.15, 0.2) is 31.0 Å². The van der Waals surface area contributed by atoms with E-state index in [1.807, 2.05) is 0 Å². The number of amides is 2. The molecule has 12 nitrogen and oxygen atoms in total. The number of rotatable bonds is 8. The van der Waals surface area contributed by atoms with Crippen LogP contribution in [0.25, 0.3) is 0 Å². The van der Waals surface area contributed by atoms with Gasteiger partial charge in [0.2, 0.25) is 0 Å². The Morgan fingerprint density at radius 1 is 0.522 bits per heavy atom. The Labute approximate surface area is 266 Å². The fourth-order valence-electron chi connectivity index (χ4n) is 5.20. The zero-order valence-corrected chi connectivity index (χ0v) is 25.0. The van der Waals surface area contributed by atoms with Gasteiger partial charge in [-0.2, -0.15) is 0 Å². The fourth-order valence-corrected chi connectivity index (χ4v) is 7.27. The molecule has 0 fully saturated rings. The van der Waals surface area contributed by atoms with Crippen molar-refractivity contribution in [2.24, 2.45) is 0 Å². The maximum Gasteiger partial charge on any atom is 0.363 e. The number of nitro benzene ring substituents is 2. The van der Waals surface area contributed by atoms with E-state index in [1.54, 1.807) is 0 Å². The number of carbonyl (C=O) groups excluding carboxylic acids is 2. The SMILES string of the molecule is O=C1c2cc(O)cc(c2)C(=O)[N+]1(c1ccc([S+]([O-])c2ccc([N+](=O)[O-])cc2)cc1)c1ccc([S+]([O-])c2ccc([N+](=O)[O-])cc2)cc1.